The molecule has 0 aromatic carbocycles. The van der Waals surface area contributed by atoms with Gasteiger partial charge in [-0.2, -0.15) is 0 Å². The van der Waals surface area contributed by atoms with Crippen molar-refractivity contribution in [1.82, 2.24) is 10.2 Å². The molecular weight excluding hydrogens is 260 g/mol. The van der Waals surface area contributed by atoms with Crippen LogP contribution >= 0.6 is 0 Å². The van der Waals surface area contributed by atoms with Crippen LogP contribution in [0.5, 0.6) is 0 Å². The molecule has 2 heterocycles. The van der Waals surface area contributed by atoms with Crippen LogP contribution in [0.1, 0.15) is 32.1 Å². The molecule has 0 bridgehead atoms. The molecule has 1 atom stereocenters. The Kier molecular flexibility index (Phi) is 5.63. The van der Waals surface area contributed by atoms with Gasteiger partial charge in [0.1, 0.15) is 0 Å². The van der Waals surface area contributed by atoms with Crippen LogP contribution in [-0.2, 0) is 9.47 Å². The number of hydrogen-bond donors (Lipinski definition) is 2. The van der Waals surface area contributed by atoms with Gasteiger partial charge >= 0.3 is 6.03 Å². The minimum absolute atomic E-state index is 0.0867. The molecule has 2 rings (SSSR count). The van der Waals surface area contributed by atoms with Crippen LogP contribution in [-0.4, -0.2) is 67.7 Å². The average Bonchev–Trinajstić information content (AvgIpc) is 2.98. The third-order valence-corrected chi connectivity index (χ3v) is 4.52. The normalized spacial score (nSPS) is 25.4. The fourth-order valence-electron chi connectivity index (χ4n) is 3.05. The van der Waals surface area contributed by atoms with Gasteiger partial charge in [0, 0.05) is 40.0 Å². The first kappa shape index (κ1) is 15.5. The van der Waals surface area contributed by atoms with Crippen LogP contribution in [0.25, 0.3) is 0 Å². The minimum Gasteiger partial charge on any atom is -0.396 e. The van der Waals surface area contributed by atoms with Crippen molar-refractivity contribution in [2.75, 3.05) is 40.0 Å². The number of urea groups is 1. The number of nitrogens with one attached hydrogen (secondary N) is 1. The van der Waals surface area contributed by atoms with Gasteiger partial charge in [-0.05, 0) is 32.1 Å². The third-order valence-electron chi connectivity index (χ3n) is 4.52. The molecule has 2 aliphatic heterocycles. The van der Waals surface area contributed by atoms with E-state index in [1.54, 1.807) is 4.90 Å². The third kappa shape index (κ3) is 3.62. The van der Waals surface area contributed by atoms with E-state index in [4.69, 9.17) is 9.47 Å². The van der Waals surface area contributed by atoms with Gasteiger partial charge in [-0.15, -0.1) is 0 Å². The van der Waals surface area contributed by atoms with Gasteiger partial charge in [-0.3, -0.25) is 0 Å². The Labute approximate surface area is 120 Å². The quantitative estimate of drug-likeness (QED) is 0.782. The topological polar surface area (TPSA) is 71.0 Å². The molecule has 20 heavy (non-hydrogen) atoms. The molecule has 2 fully saturated rings. The van der Waals surface area contributed by atoms with Crippen molar-refractivity contribution < 1.29 is 19.4 Å². The monoisotopic (exact) mass is 286 g/mol. The SMILES string of the molecule is CN(C(=O)NC[C@@H]1CCCO1)C1(CCO)CCOCC1. The number of carbonyl (C=O) groups is 1. The highest BCUT2D eigenvalue weighted by Gasteiger charge is 2.38. The molecule has 0 aromatic rings. The Morgan fingerprint density at radius 3 is 2.75 bits per heavy atom. The van der Waals surface area contributed by atoms with Gasteiger partial charge in [0.15, 0.2) is 0 Å². The van der Waals surface area contributed by atoms with E-state index in [-0.39, 0.29) is 24.3 Å². The maximum absolute atomic E-state index is 12.3. The molecule has 0 saturated carbocycles. The second kappa shape index (κ2) is 7.24. The van der Waals surface area contributed by atoms with Crippen LogP contribution in [0.15, 0.2) is 0 Å². The number of aliphatic hydroxyl groups excluding tert-OH is 1. The summed E-state index contributed by atoms with van der Waals surface area (Å²) in [5.74, 6) is 0. The van der Waals surface area contributed by atoms with Crippen molar-refractivity contribution in [2.24, 2.45) is 0 Å². The Morgan fingerprint density at radius 1 is 1.40 bits per heavy atom. The zero-order chi connectivity index (χ0) is 14.4. The lowest BCUT2D eigenvalue weighted by Crippen LogP contribution is -2.56. The minimum atomic E-state index is -0.284. The van der Waals surface area contributed by atoms with E-state index in [9.17, 15) is 9.90 Å². The number of carbonyl (C=O) groups excluding carboxylic acids is 1. The highest BCUT2D eigenvalue weighted by atomic mass is 16.5. The van der Waals surface area contributed by atoms with Gasteiger partial charge in [0.2, 0.25) is 0 Å². The molecule has 6 heteroatoms. The summed E-state index contributed by atoms with van der Waals surface area (Å²) in [5, 5.41) is 12.2. The zero-order valence-corrected chi connectivity index (χ0v) is 12.3. The van der Waals surface area contributed by atoms with E-state index in [0.717, 1.165) is 32.3 Å². The highest BCUT2D eigenvalue weighted by Crippen LogP contribution is 2.30. The summed E-state index contributed by atoms with van der Waals surface area (Å²) in [4.78, 5) is 14.1. The maximum atomic E-state index is 12.3. The number of ether oxygens (including phenoxy) is 2. The van der Waals surface area contributed by atoms with Crippen molar-refractivity contribution in [2.45, 2.75) is 43.7 Å². The first-order valence-electron chi connectivity index (χ1n) is 7.50. The highest BCUT2D eigenvalue weighted by molar-refractivity contribution is 5.74. The lowest BCUT2D eigenvalue weighted by molar-refractivity contribution is -0.0135. The summed E-state index contributed by atoms with van der Waals surface area (Å²) < 4.78 is 10.9. The lowest BCUT2D eigenvalue weighted by atomic mass is 9.85. The van der Waals surface area contributed by atoms with Crippen LogP contribution in [0.2, 0.25) is 0 Å². The summed E-state index contributed by atoms with van der Waals surface area (Å²) in [6.07, 6.45) is 4.38. The molecule has 0 radical (unpaired) electrons. The summed E-state index contributed by atoms with van der Waals surface area (Å²) in [6.45, 7) is 2.73. The predicted octanol–water partition coefficient (Wildman–Crippen LogP) is 0.738. The predicted molar refractivity (Wildman–Crippen MR) is 74.6 cm³/mol. The molecule has 0 aromatic heterocycles. The molecule has 2 saturated heterocycles. The summed E-state index contributed by atoms with van der Waals surface area (Å²) in [6, 6.07) is -0.0872. The molecule has 6 nitrogen and oxygen atoms in total. The van der Waals surface area contributed by atoms with Gasteiger partial charge in [0.25, 0.3) is 0 Å². The molecular formula is C14H26N2O4. The van der Waals surface area contributed by atoms with E-state index in [2.05, 4.69) is 5.32 Å². The van der Waals surface area contributed by atoms with Crippen LogP contribution in [0, 0.1) is 0 Å². The van der Waals surface area contributed by atoms with Crippen molar-refractivity contribution in [3.8, 4) is 0 Å². The maximum Gasteiger partial charge on any atom is 0.317 e. The number of hydrogen-bond acceptors (Lipinski definition) is 4. The van der Waals surface area contributed by atoms with Gasteiger partial charge in [-0.25, -0.2) is 4.79 Å². The van der Waals surface area contributed by atoms with Crippen molar-refractivity contribution in [3.05, 3.63) is 0 Å². The van der Waals surface area contributed by atoms with Crippen molar-refractivity contribution in [1.29, 1.82) is 0 Å². The molecule has 0 spiro atoms. The summed E-state index contributed by atoms with van der Waals surface area (Å²) >= 11 is 0. The van der Waals surface area contributed by atoms with E-state index < -0.39 is 0 Å². The van der Waals surface area contributed by atoms with E-state index in [0.29, 0.717) is 26.2 Å². The molecule has 2 N–H and O–H groups in total. The molecule has 2 amide bonds. The van der Waals surface area contributed by atoms with Gasteiger partial charge in [0.05, 0.1) is 11.6 Å². The number of nitrogens with zero attached hydrogens (tertiary/aromatic N) is 1. The molecule has 2 aliphatic rings. The Bertz CT molecular complexity index is 307. The largest absolute Gasteiger partial charge is 0.396 e. The fraction of sp³-hybridized carbons (Fsp3) is 0.929. The second-order valence-corrected chi connectivity index (χ2v) is 5.69. The zero-order valence-electron chi connectivity index (χ0n) is 12.3. The van der Waals surface area contributed by atoms with E-state index in [1.807, 2.05) is 7.05 Å². The van der Waals surface area contributed by atoms with Crippen LogP contribution in [0.3, 0.4) is 0 Å². The first-order valence-corrected chi connectivity index (χ1v) is 7.50. The van der Waals surface area contributed by atoms with Gasteiger partial charge in [-0.1, -0.05) is 0 Å². The van der Waals surface area contributed by atoms with E-state index >= 15 is 0 Å². The number of rotatable bonds is 5. The Hall–Kier alpha value is -0.850. The summed E-state index contributed by atoms with van der Waals surface area (Å²) in [7, 11) is 1.81. The molecule has 0 aliphatic carbocycles. The Balaban J connectivity index is 1.88. The van der Waals surface area contributed by atoms with Crippen molar-refractivity contribution in [3.63, 3.8) is 0 Å². The Morgan fingerprint density at radius 2 is 2.15 bits per heavy atom. The number of amides is 2. The second-order valence-electron chi connectivity index (χ2n) is 5.69. The standard InChI is InChI=1S/C14H26N2O4/c1-16(13(18)15-11-12-3-2-8-20-12)14(4-7-17)5-9-19-10-6-14/h12,17H,2-11H2,1H3,(H,15,18)/t12-/m0/s1. The van der Waals surface area contributed by atoms with E-state index in [1.165, 1.54) is 0 Å². The van der Waals surface area contributed by atoms with Crippen LogP contribution in [0.4, 0.5) is 4.79 Å². The average molecular weight is 286 g/mol. The number of aliphatic hydroxyl groups is 1. The lowest BCUT2D eigenvalue weighted by Gasteiger charge is -2.44. The first-order chi connectivity index (χ1) is 9.68. The molecule has 0 unspecified atom stereocenters. The molecule has 116 valence electrons. The van der Waals surface area contributed by atoms with Crippen molar-refractivity contribution >= 4 is 6.03 Å². The summed E-state index contributed by atoms with van der Waals surface area (Å²) in [5.41, 5.74) is -0.284. The smallest absolute Gasteiger partial charge is 0.317 e. The fourth-order valence-corrected chi connectivity index (χ4v) is 3.05. The van der Waals surface area contributed by atoms with Crippen LogP contribution < -0.4 is 5.32 Å². The van der Waals surface area contributed by atoms with Gasteiger partial charge < -0.3 is 24.8 Å².